The van der Waals surface area contributed by atoms with Gasteiger partial charge in [-0.1, -0.05) is 48.2 Å². The summed E-state index contributed by atoms with van der Waals surface area (Å²) in [7, 11) is 0. The van der Waals surface area contributed by atoms with E-state index in [1.54, 1.807) is 12.1 Å². The number of hydrogen-bond donors (Lipinski definition) is 1. The summed E-state index contributed by atoms with van der Waals surface area (Å²) in [6.45, 7) is 4.02. The second kappa shape index (κ2) is 7.05. The number of anilines is 2. The van der Waals surface area contributed by atoms with Crippen molar-refractivity contribution < 1.29 is 8.91 Å². The van der Waals surface area contributed by atoms with E-state index < -0.39 is 0 Å². The number of nitrogens with one attached hydrogen (secondary N) is 1. The van der Waals surface area contributed by atoms with Crippen LogP contribution in [0.3, 0.4) is 0 Å². The van der Waals surface area contributed by atoms with E-state index in [1.165, 1.54) is 35.2 Å². The number of nitrogens with zero attached hydrogens (tertiary/aromatic N) is 4. The Kier molecular flexibility index (Phi) is 4.87. The molecule has 0 atom stereocenters. The van der Waals surface area contributed by atoms with E-state index in [0.717, 1.165) is 4.34 Å². The first-order chi connectivity index (χ1) is 11.1. The lowest BCUT2D eigenvalue weighted by Gasteiger charge is -2.00. The summed E-state index contributed by atoms with van der Waals surface area (Å²) >= 11 is 2.85. The summed E-state index contributed by atoms with van der Waals surface area (Å²) in [5.41, 5.74) is 0.635. The molecule has 0 aliphatic rings. The summed E-state index contributed by atoms with van der Waals surface area (Å²) in [5.74, 6) is 1.74. The molecule has 6 nitrogen and oxygen atoms in total. The van der Waals surface area contributed by atoms with Crippen LogP contribution in [0, 0.1) is 5.82 Å². The highest BCUT2D eigenvalue weighted by molar-refractivity contribution is 8.00. The van der Waals surface area contributed by atoms with E-state index in [4.69, 9.17) is 4.52 Å². The van der Waals surface area contributed by atoms with Crippen molar-refractivity contribution in [2.45, 2.75) is 29.9 Å². The number of rotatable bonds is 6. The molecule has 2 heterocycles. The Morgan fingerprint density at radius 1 is 1.35 bits per heavy atom. The molecule has 3 aromatic rings. The third kappa shape index (κ3) is 4.26. The van der Waals surface area contributed by atoms with Crippen LogP contribution in [-0.4, -0.2) is 20.3 Å². The maximum absolute atomic E-state index is 13.1. The summed E-state index contributed by atoms with van der Waals surface area (Å²) < 4.78 is 19.1. The number of benzene rings is 1. The van der Waals surface area contributed by atoms with Crippen LogP contribution in [0.4, 0.5) is 15.2 Å². The molecular formula is C14H14FN5OS2. The minimum atomic E-state index is -0.300. The minimum absolute atomic E-state index is 0.237. The highest BCUT2D eigenvalue weighted by Gasteiger charge is 2.12. The average molecular weight is 351 g/mol. The fourth-order valence-electron chi connectivity index (χ4n) is 1.69. The third-order valence-electron chi connectivity index (χ3n) is 2.80. The van der Waals surface area contributed by atoms with Crippen molar-refractivity contribution in [1.82, 2.24) is 20.3 Å². The lowest BCUT2D eigenvalue weighted by atomic mass is 10.2. The molecule has 0 saturated heterocycles. The first kappa shape index (κ1) is 15.9. The van der Waals surface area contributed by atoms with E-state index in [0.29, 0.717) is 28.3 Å². The molecule has 0 fully saturated rings. The third-order valence-corrected chi connectivity index (χ3v) is 4.76. The van der Waals surface area contributed by atoms with Crippen molar-refractivity contribution in [2.75, 3.05) is 5.32 Å². The van der Waals surface area contributed by atoms with Crippen molar-refractivity contribution in [3.8, 4) is 0 Å². The Bertz CT molecular complexity index is 789. The summed E-state index contributed by atoms with van der Waals surface area (Å²) in [6, 6.07) is 6.20. The first-order valence-corrected chi connectivity index (χ1v) is 8.72. The molecule has 0 radical (unpaired) electrons. The molecule has 0 amide bonds. The molecule has 0 aliphatic carbocycles. The topological polar surface area (TPSA) is 76.7 Å². The Balaban J connectivity index is 1.58. The number of thioether (sulfide) groups is 1. The van der Waals surface area contributed by atoms with E-state index in [9.17, 15) is 4.39 Å². The van der Waals surface area contributed by atoms with Gasteiger partial charge in [-0.3, -0.25) is 0 Å². The zero-order valence-electron chi connectivity index (χ0n) is 12.5. The molecule has 0 unspecified atom stereocenters. The fraction of sp³-hybridized carbons (Fsp3) is 0.286. The molecule has 3 rings (SSSR count). The lowest BCUT2D eigenvalue weighted by Crippen LogP contribution is -1.90. The highest BCUT2D eigenvalue weighted by atomic mass is 32.2. The smallest absolute Gasteiger partial charge is 0.237 e. The molecule has 9 heteroatoms. The summed E-state index contributed by atoms with van der Waals surface area (Å²) in [4.78, 5) is 4.31. The van der Waals surface area contributed by atoms with Gasteiger partial charge in [0.2, 0.25) is 11.0 Å². The molecule has 23 heavy (non-hydrogen) atoms. The van der Waals surface area contributed by atoms with E-state index >= 15 is 0 Å². The molecule has 0 saturated carbocycles. The predicted molar refractivity (Wildman–Crippen MR) is 87.5 cm³/mol. The van der Waals surface area contributed by atoms with Gasteiger partial charge < -0.3 is 9.84 Å². The van der Waals surface area contributed by atoms with Gasteiger partial charge in [-0.25, -0.2) is 4.39 Å². The largest absolute Gasteiger partial charge is 0.338 e. The monoisotopic (exact) mass is 351 g/mol. The van der Waals surface area contributed by atoms with Crippen molar-refractivity contribution in [3.05, 3.63) is 41.8 Å². The molecule has 0 bridgehead atoms. The van der Waals surface area contributed by atoms with Crippen LogP contribution in [0.1, 0.15) is 31.5 Å². The molecular weight excluding hydrogens is 337 g/mol. The zero-order valence-corrected chi connectivity index (χ0v) is 14.1. The minimum Gasteiger partial charge on any atom is -0.338 e. The van der Waals surface area contributed by atoms with Gasteiger partial charge >= 0.3 is 0 Å². The van der Waals surface area contributed by atoms with E-state index in [2.05, 4.69) is 25.7 Å². The van der Waals surface area contributed by atoms with Gasteiger partial charge in [-0.05, 0) is 18.2 Å². The SMILES string of the molecule is CC(C)c1noc(CSc2nnc(Nc3cccc(F)c3)s2)n1. The lowest BCUT2D eigenvalue weighted by molar-refractivity contribution is 0.383. The van der Waals surface area contributed by atoms with Crippen LogP contribution in [0.15, 0.2) is 33.1 Å². The van der Waals surface area contributed by atoms with Gasteiger partial charge in [-0.2, -0.15) is 4.98 Å². The molecule has 120 valence electrons. The highest BCUT2D eigenvalue weighted by Crippen LogP contribution is 2.29. The Labute approximate surface area is 140 Å². The molecule has 1 aromatic carbocycles. The second-order valence-corrected chi connectivity index (χ2v) is 7.20. The Morgan fingerprint density at radius 2 is 2.22 bits per heavy atom. The first-order valence-electron chi connectivity index (χ1n) is 6.91. The van der Waals surface area contributed by atoms with Crippen molar-refractivity contribution in [1.29, 1.82) is 0 Å². The fourth-order valence-corrected chi connectivity index (χ4v) is 3.30. The van der Waals surface area contributed by atoms with Gasteiger partial charge in [0.1, 0.15) is 5.82 Å². The van der Waals surface area contributed by atoms with Crippen LogP contribution in [0.5, 0.6) is 0 Å². The number of halogens is 1. The maximum atomic E-state index is 13.1. The normalized spacial score (nSPS) is 11.1. The van der Waals surface area contributed by atoms with Crippen molar-refractivity contribution >= 4 is 33.9 Å². The van der Waals surface area contributed by atoms with Crippen LogP contribution in [-0.2, 0) is 5.75 Å². The van der Waals surface area contributed by atoms with Crippen LogP contribution < -0.4 is 5.32 Å². The van der Waals surface area contributed by atoms with Gasteiger partial charge in [0.15, 0.2) is 10.2 Å². The van der Waals surface area contributed by atoms with Gasteiger partial charge in [-0.15, -0.1) is 10.2 Å². The van der Waals surface area contributed by atoms with Crippen molar-refractivity contribution in [3.63, 3.8) is 0 Å². The Hall–Kier alpha value is -2.00. The second-order valence-electron chi connectivity index (χ2n) is 5.00. The zero-order chi connectivity index (χ0) is 16.2. The summed E-state index contributed by atoms with van der Waals surface area (Å²) in [6.07, 6.45) is 0. The Morgan fingerprint density at radius 3 is 2.96 bits per heavy atom. The number of aromatic nitrogens is 4. The van der Waals surface area contributed by atoms with Crippen LogP contribution in [0.2, 0.25) is 0 Å². The van der Waals surface area contributed by atoms with Gasteiger partial charge in [0.05, 0.1) is 5.75 Å². The van der Waals surface area contributed by atoms with E-state index in [-0.39, 0.29) is 11.7 Å². The van der Waals surface area contributed by atoms with Gasteiger partial charge in [0.25, 0.3) is 0 Å². The molecule has 0 spiro atoms. The maximum Gasteiger partial charge on any atom is 0.237 e. The average Bonchev–Trinajstić information content (AvgIpc) is 3.14. The standard InChI is InChI=1S/C14H14FN5OS2/c1-8(2)12-17-11(21-20-12)7-22-14-19-18-13(23-14)16-10-5-3-4-9(15)6-10/h3-6,8H,7H2,1-2H3,(H,16,18). The quantitative estimate of drug-likeness (QED) is 0.666. The molecule has 2 aromatic heterocycles. The summed E-state index contributed by atoms with van der Waals surface area (Å²) in [5, 5.41) is 15.7. The van der Waals surface area contributed by atoms with Crippen LogP contribution in [0.25, 0.3) is 0 Å². The molecule has 1 N–H and O–H groups in total. The van der Waals surface area contributed by atoms with Crippen LogP contribution >= 0.6 is 23.1 Å². The van der Waals surface area contributed by atoms with Gasteiger partial charge in [0, 0.05) is 11.6 Å². The molecule has 0 aliphatic heterocycles. The van der Waals surface area contributed by atoms with Crippen molar-refractivity contribution in [2.24, 2.45) is 0 Å². The van der Waals surface area contributed by atoms with E-state index in [1.807, 2.05) is 13.8 Å². The predicted octanol–water partition coefficient (Wildman–Crippen LogP) is 4.22. The number of hydrogen-bond acceptors (Lipinski definition) is 8.